The summed E-state index contributed by atoms with van der Waals surface area (Å²) < 4.78 is 16.8. The van der Waals surface area contributed by atoms with E-state index in [2.05, 4.69) is 16.3 Å². The number of ether oxygens (including phenoxy) is 2. The maximum absolute atomic E-state index is 12.7. The van der Waals surface area contributed by atoms with E-state index in [4.69, 9.17) is 19.2 Å². The van der Waals surface area contributed by atoms with Gasteiger partial charge in [-0.25, -0.2) is 0 Å². The van der Waals surface area contributed by atoms with Crippen LogP contribution in [-0.4, -0.2) is 32.1 Å². The molecular formula is C25H25N3O4. The number of benzene rings is 2. The average molecular weight is 431 g/mol. The quantitative estimate of drug-likeness (QED) is 0.605. The van der Waals surface area contributed by atoms with Gasteiger partial charge in [-0.1, -0.05) is 24.3 Å². The van der Waals surface area contributed by atoms with Crippen LogP contribution in [-0.2, 0) is 6.61 Å². The number of hydrogen-bond donors (Lipinski definition) is 1. The van der Waals surface area contributed by atoms with Crippen LogP contribution in [0.1, 0.15) is 34.7 Å². The Labute approximate surface area is 187 Å². The number of methoxy groups -OCH3 is 1. The number of carbonyl (C=O) groups excluding carboxylic acids is 1. The third-order valence-corrected chi connectivity index (χ3v) is 5.45. The van der Waals surface area contributed by atoms with Gasteiger partial charge in [0.05, 0.1) is 18.4 Å². The zero-order valence-corrected chi connectivity index (χ0v) is 17.9. The summed E-state index contributed by atoms with van der Waals surface area (Å²) in [5.74, 6) is 1.82. The molecule has 0 aliphatic carbocycles. The summed E-state index contributed by atoms with van der Waals surface area (Å²) >= 11 is 0. The molecule has 164 valence electrons. The summed E-state index contributed by atoms with van der Waals surface area (Å²) in [7, 11) is 1.67. The molecule has 1 unspecified atom stereocenters. The molecule has 4 rings (SSSR count). The molecular weight excluding hydrogens is 406 g/mol. The molecule has 1 aliphatic rings. The minimum absolute atomic E-state index is 0.00784. The lowest BCUT2D eigenvalue weighted by atomic mass is 10.0. The number of piperidine rings is 1. The molecule has 1 atom stereocenters. The van der Waals surface area contributed by atoms with E-state index in [0.717, 1.165) is 30.8 Å². The van der Waals surface area contributed by atoms with Crippen LogP contribution in [0.15, 0.2) is 65.1 Å². The Kier molecular flexibility index (Phi) is 6.61. The molecule has 1 saturated heterocycles. The number of carbonyl (C=O) groups is 1. The monoisotopic (exact) mass is 431 g/mol. The van der Waals surface area contributed by atoms with E-state index >= 15 is 0 Å². The third kappa shape index (κ3) is 4.86. The lowest BCUT2D eigenvalue weighted by Crippen LogP contribution is -2.47. The Morgan fingerprint density at radius 1 is 1.16 bits per heavy atom. The molecule has 2 heterocycles. The summed E-state index contributed by atoms with van der Waals surface area (Å²) in [5.41, 5.74) is 1.48. The molecule has 0 spiro atoms. The SMILES string of the molecule is COc1ccccc1N1CCCC(NC(=O)c2ccc(COc3ccccc3C#N)o2)C1. The topological polar surface area (TPSA) is 87.7 Å². The van der Waals surface area contributed by atoms with Crippen molar-refractivity contribution in [1.82, 2.24) is 5.32 Å². The molecule has 2 aromatic carbocycles. The normalized spacial score (nSPS) is 15.6. The number of nitrogens with one attached hydrogen (secondary N) is 1. The van der Waals surface area contributed by atoms with Crippen LogP contribution in [0.3, 0.4) is 0 Å². The molecule has 1 aliphatic heterocycles. The van der Waals surface area contributed by atoms with Crippen LogP contribution in [0.2, 0.25) is 0 Å². The van der Waals surface area contributed by atoms with E-state index in [0.29, 0.717) is 23.6 Å². The Morgan fingerprint density at radius 2 is 1.94 bits per heavy atom. The lowest BCUT2D eigenvalue weighted by molar-refractivity contribution is 0.0901. The molecule has 32 heavy (non-hydrogen) atoms. The van der Waals surface area contributed by atoms with Gasteiger partial charge < -0.3 is 24.1 Å². The van der Waals surface area contributed by atoms with Gasteiger partial charge in [-0.05, 0) is 49.2 Å². The molecule has 1 amide bonds. The molecule has 1 aromatic heterocycles. The molecule has 0 saturated carbocycles. The maximum Gasteiger partial charge on any atom is 0.287 e. The van der Waals surface area contributed by atoms with Gasteiger partial charge in [-0.15, -0.1) is 0 Å². The van der Waals surface area contributed by atoms with Crippen LogP contribution < -0.4 is 19.7 Å². The fourth-order valence-electron chi connectivity index (χ4n) is 3.87. The first-order valence-corrected chi connectivity index (χ1v) is 10.6. The summed E-state index contributed by atoms with van der Waals surface area (Å²) in [6.45, 7) is 1.75. The van der Waals surface area contributed by atoms with Gasteiger partial charge in [0.15, 0.2) is 5.76 Å². The molecule has 1 N–H and O–H groups in total. The summed E-state index contributed by atoms with van der Waals surface area (Å²) in [6.07, 6.45) is 1.87. The number of nitrogens with zero attached hydrogens (tertiary/aromatic N) is 2. The number of rotatable bonds is 7. The van der Waals surface area contributed by atoms with Gasteiger partial charge in [0, 0.05) is 19.1 Å². The third-order valence-electron chi connectivity index (χ3n) is 5.45. The van der Waals surface area contributed by atoms with Crippen molar-refractivity contribution in [2.75, 3.05) is 25.1 Å². The molecule has 0 bridgehead atoms. The van der Waals surface area contributed by atoms with Crippen LogP contribution in [0.4, 0.5) is 5.69 Å². The van der Waals surface area contributed by atoms with Crippen LogP contribution in [0.5, 0.6) is 11.5 Å². The summed E-state index contributed by atoms with van der Waals surface area (Å²) in [6, 6.07) is 20.4. The van der Waals surface area contributed by atoms with Crippen molar-refractivity contribution in [3.8, 4) is 17.6 Å². The van der Waals surface area contributed by atoms with Crippen LogP contribution in [0.25, 0.3) is 0 Å². The summed E-state index contributed by atoms with van der Waals surface area (Å²) in [5, 5.41) is 12.2. The molecule has 7 nitrogen and oxygen atoms in total. The first-order chi connectivity index (χ1) is 15.7. The fraction of sp³-hybridized carbons (Fsp3) is 0.280. The van der Waals surface area contributed by atoms with Crippen molar-refractivity contribution in [2.24, 2.45) is 0 Å². The molecule has 0 radical (unpaired) electrons. The summed E-state index contributed by atoms with van der Waals surface area (Å²) in [4.78, 5) is 15.0. The first-order valence-electron chi connectivity index (χ1n) is 10.6. The molecule has 3 aromatic rings. The highest BCUT2D eigenvalue weighted by atomic mass is 16.5. The largest absolute Gasteiger partial charge is 0.495 e. The van der Waals surface area contributed by atoms with E-state index < -0.39 is 0 Å². The van der Waals surface area contributed by atoms with Gasteiger partial charge >= 0.3 is 0 Å². The smallest absolute Gasteiger partial charge is 0.287 e. The van der Waals surface area contributed by atoms with Gasteiger partial charge in [0.2, 0.25) is 0 Å². The van der Waals surface area contributed by atoms with E-state index in [-0.39, 0.29) is 24.3 Å². The van der Waals surface area contributed by atoms with Crippen molar-refractivity contribution in [1.29, 1.82) is 5.26 Å². The van der Waals surface area contributed by atoms with E-state index in [9.17, 15) is 4.79 Å². The highest BCUT2D eigenvalue weighted by Gasteiger charge is 2.24. The number of amides is 1. The Balaban J connectivity index is 1.35. The van der Waals surface area contributed by atoms with Gasteiger partial charge in [0.25, 0.3) is 5.91 Å². The highest BCUT2D eigenvalue weighted by Crippen LogP contribution is 2.30. The second kappa shape index (κ2) is 9.92. The maximum atomic E-state index is 12.7. The minimum atomic E-state index is -0.249. The second-order valence-corrected chi connectivity index (χ2v) is 7.59. The predicted octanol–water partition coefficient (Wildman–Crippen LogP) is 4.14. The van der Waals surface area contributed by atoms with Crippen molar-refractivity contribution in [2.45, 2.75) is 25.5 Å². The first kappa shape index (κ1) is 21.3. The number of para-hydroxylation sites is 3. The van der Waals surface area contributed by atoms with Crippen molar-refractivity contribution in [3.63, 3.8) is 0 Å². The van der Waals surface area contributed by atoms with E-state index in [1.807, 2.05) is 24.3 Å². The fourth-order valence-corrected chi connectivity index (χ4v) is 3.87. The van der Waals surface area contributed by atoms with Gasteiger partial charge in [-0.2, -0.15) is 5.26 Å². The zero-order valence-electron chi connectivity index (χ0n) is 17.9. The Bertz CT molecular complexity index is 1120. The van der Waals surface area contributed by atoms with E-state index in [1.165, 1.54) is 0 Å². The van der Waals surface area contributed by atoms with E-state index in [1.54, 1.807) is 43.5 Å². The van der Waals surface area contributed by atoms with Crippen LogP contribution in [0, 0.1) is 11.3 Å². The van der Waals surface area contributed by atoms with Gasteiger partial charge in [-0.3, -0.25) is 4.79 Å². The number of nitriles is 1. The lowest BCUT2D eigenvalue weighted by Gasteiger charge is -2.35. The average Bonchev–Trinajstić information content (AvgIpc) is 3.32. The van der Waals surface area contributed by atoms with Crippen molar-refractivity contribution < 1.29 is 18.7 Å². The minimum Gasteiger partial charge on any atom is -0.495 e. The highest BCUT2D eigenvalue weighted by molar-refractivity contribution is 5.91. The zero-order chi connectivity index (χ0) is 22.3. The number of hydrogen-bond acceptors (Lipinski definition) is 6. The van der Waals surface area contributed by atoms with Crippen molar-refractivity contribution in [3.05, 3.63) is 77.7 Å². The molecule has 7 heteroatoms. The number of anilines is 1. The van der Waals surface area contributed by atoms with Gasteiger partial charge in [0.1, 0.15) is 29.9 Å². The standard InChI is InChI=1S/C25H25N3O4/c1-30-23-11-5-3-9-21(23)28-14-6-8-19(16-28)27-25(29)24-13-12-20(32-24)17-31-22-10-4-2-7-18(22)15-26/h2-5,7,9-13,19H,6,8,14,16-17H2,1H3,(H,27,29). The van der Waals surface area contributed by atoms with Crippen molar-refractivity contribution >= 4 is 11.6 Å². The number of furan rings is 1. The van der Waals surface area contributed by atoms with Crippen LogP contribution >= 0.6 is 0 Å². The predicted molar refractivity (Wildman–Crippen MR) is 120 cm³/mol. The Morgan fingerprint density at radius 3 is 2.75 bits per heavy atom. The molecule has 1 fully saturated rings. The second-order valence-electron chi connectivity index (χ2n) is 7.59. The Hall–Kier alpha value is -3.92.